The summed E-state index contributed by atoms with van der Waals surface area (Å²) in [5.41, 5.74) is 3.16. The molecule has 2 N–H and O–H groups in total. The molecule has 0 unspecified atom stereocenters. The zero-order chi connectivity index (χ0) is 15.2. The van der Waals surface area contributed by atoms with Crippen molar-refractivity contribution in [2.75, 3.05) is 39.8 Å². The Balaban J connectivity index is 2.07. The van der Waals surface area contributed by atoms with Crippen molar-refractivity contribution in [3.8, 4) is 11.8 Å². The lowest BCUT2D eigenvalue weighted by molar-refractivity contribution is 0.0658. The number of benzene rings is 1. The molecule has 0 aliphatic carbocycles. The van der Waals surface area contributed by atoms with Crippen LogP contribution in [0.2, 0.25) is 0 Å². The van der Waals surface area contributed by atoms with Crippen molar-refractivity contribution in [3.05, 3.63) is 35.1 Å². The molecule has 0 radical (unpaired) electrons. The lowest BCUT2D eigenvalue weighted by Crippen LogP contribution is -2.52. The van der Waals surface area contributed by atoms with Gasteiger partial charge >= 0.3 is 0 Å². The molecular weight excluding hydrogens is 273 g/mol. The van der Waals surface area contributed by atoms with Crippen molar-refractivity contribution < 1.29 is 14.3 Å². The highest BCUT2D eigenvalue weighted by atomic mass is 19.1. The van der Waals surface area contributed by atoms with Gasteiger partial charge < -0.3 is 10.0 Å². The standard InChI is InChI=1S/C15H18FN3O2/c1-18-6-8-19(9-7-18)17-15(21)13-11-12(3-2-10-20)4-5-14(13)16/h4-5,11,20H,6-10H2,1H3,(H,17,21). The van der Waals surface area contributed by atoms with E-state index in [4.69, 9.17) is 5.11 Å². The third kappa shape index (κ3) is 4.26. The van der Waals surface area contributed by atoms with E-state index in [1.165, 1.54) is 18.2 Å². The molecule has 2 rings (SSSR count). The Morgan fingerprint density at radius 2 is 2.10 bits per heavy atom. The molecule has 0 bridgehead atoms. The summed E-state index contributed by atoms with van der Waals surface area (Å²) in [7, 11) is 2.02. The molecular formula is C15H18FN3O2. The highest BCUT2D eigenvalue weighted by molar-refractivity contribution is 5.94. The maximum atomic E-state index is 13.8. The summed E-state index contributed by atoms with van der Waals surface area (Å²) in [5, 5.41) is 10.4. The normalized spacial score (nSPS) is 16.1. The van der Waals surface area contributed by atoms with E-state index in [0.717, 1.165) is 13.1 Å². The zero-order valence-corrected chi connectivity index (χ0v) is 11.9. The first-order valence-electron chi connectivity index (χ1n) is 6.74. The SMILES string of the molecule is CN1CCN(NC(=O)c2cc(C#CCO)ccc2F)CC1. The molecule has 6 heteroatoms. The van der Waals surface area contributed by atoms with E-state index in [0.29, 0.717) is 18.7 Å². The molecule has 21 heavy (non-hydrogen) atoms. The van der Waals surface area contributed by atoms with Gasteiger partial charge in [0.05, 0.1) is 5.56 Å². The van der Waals surface area contributed by atoms with Gasteiger partial charge in [0.1, 0.15) is 12.4 Å². The number of carbonyl (C=O) groups is 1. The average Bonchev–Trinajstić information content (AvgIpc) is 2.48. The molecule has 1 amide bonds. The Morgan fingerprint density at radius 3 is 2.76 bits per heavy atom. The Kier molecular flexibility index (Phi) is 5.28. The summed E-state index contributed by atoms with van der Waals surface area (Å²) in [6, 6.07) is 4.08. The van der Waals surface area contributed by atoms with Gasteiger partial charge in [0.25, 0.3) is 5.91 Å². The number of rotatable bonds is 2. The van der Waals surface area contributed by atoms with Crippen molar-refractivity contribution >= 4 is 5.91 Å². The lowest BCUT2D eigenvalue weighted by Gasteiger charge is -2.32. The summed E-state index contributed by atoms with van der Waals surface area (Å²) in [4.78, 5) is 14.3. The van der Waals surface area contributed by atoms with Gasteiger partial charge in [-0.3, -0.25) is 10.2 Å². The highest BCUT2D eigenvalue weighted by Gasteiger charge is 2.18. The molecule has 1 aliphatic rings. The van der Waals surface area contributed by atoms with Crippen LogP contribution in [0.15, 0.2) is 18.2 Å². The average molecular weight is 291 g/mol. The monoisotopic (exact) mass is 291 g/mol. The molecule has 1 aliphatic heterocycles. The first-order valence-corrected chi connectivity index (χ1v) is 6.74. The Labute approximate surface area is 123 Å². The molecule has 5 nitrogen and oxygen atoms in total. The molecule has 1 fully saturated rings. The molecule has 1 aromatic carbocycles. The van der Waals surface area contributed by atoms with E-state index in [9.17, 15) is 9.18 Å². The van der Waals surface area contributed by atoms with Gasteiger partial charge in [-0.05, 0) is 25.2 Å². The second-order valence-corrected chi connectivity index (χ2v) is 4.89. The molecule has 1 aromatic rings. The highest BCUT2D eigenvalue weighted by Crippen LogP contribution is 2.10. The third-order valence-electron chi connectivity index (χ3n) is 3.29. The van der Waals surface area contributed by atoms with Gasteiger partial charge in [-0.25, -0.2) is 9.40 Å². The van der Waals surface area contributed by atoms with Crippen molar-refractivity contribution in [1.82, 2.24) is 15.3 Å². The number of aliphatic hydroxyl groups excluding tert-OH is 1. The summed E-state index contributed by atoms with van der Waals surface area (Å²) in [6.07, 6.45) is 0. The summed E-state index contributed by atoms with van der Waals surface area (Å²) < 4.78 is 13.8. The van der Waals surface area contributed by atoms with Crippen molar-refractivity contribution in [3.63, 3.8) is 0 Å². The Hall–Kier alpha value is -1.94. The fourth-order valence-electron chi connectivity index (χ4n) is 2.04. The second kappa shape index (κ2) is 7.18. The maximum Gasteiger partial charge on any atom is 0.268 e. The van der Waals surface area contributed by atoms with Crippen LogP contribution in [0.3, 0.4) is 0 Å². The van der Waals surface area contributed by atoms with Gasteiger partial charge in [-0.2, -0.15) is 0 Å². The van der Waals surface area contributed by atoms with Crippen LogP contribution in [-0.2, 0) is 0 Å². The quantitative estimate of drug-likeness (QED) is 0.757. The Bertz CT molecular complexity index is 572. The minimum Gasteiger partial charge on any atom is -0.384 e. The number of aliphatic hydroxyl groups is 1. The summed E-state index contributed by atoms with van der Waals surface area (Å²) in [6.45, 7) is 2.83. The maximum absolute atomic E-state index is 13.8. The Morgan fingerprint density at radius 1 is 1.38 bits per heavy atom. The fourth-order valence-corrected chi connectivity index (χ4v) is 2.04. The lowest BCUT2D eigenvalue weighted by atomic mass is 10.1. The molecule has 112 valence electrons. The summed E-state index contributed by atoms with van der Waals surface area (Å²) >= 11 is 0. The predicted molar refractivity (Wildman–Crippen MR) is 76.9 cm³/mol. The van der Waals surface area contributed by atoms with Gasteiger partial charge in [0, 0.05) is 31.7 Å². The number of halogens is 1. The van der Waals surface area contributed by atoms with Crippen LogP contribution in [0.25, 0.3) is 0 Å². The van der Waals surface area contributed by atoms with E-state index in [1.807, 2.05) is 7.05 Å². The molecule has 0 spiro atoms. The molecule has 0 aromatic heterocycles. The minimum absolute atomic E-state index is 0.0429. The van der Waals surface area contributed by atoms with Crippen LogP contribution >= 0.6 is 0 Å². The number of likely N-dealkylation sites (N-methyl/N-ethyl adjacent to an activating group) is 1. The smallest absolute Gasteiger partial charge is 0.268 e. The van der Waals surface area contributed by atoms with Crippen LogP contribution in [0, 0.1) is 17.7 Å². The van der Waals surface area contributed by atoms with Crippen LogP contribution in [0.1, 0.15) is 15.9 Å². The van der Waals surface area contributed by atoms with Crippen LogP contribution in [0.5, 0.6) is 0 Å². The number of hydrogen-bond acceptors (Lipinski definition) is 4. The molecule has 0 atom stereocenters. The van der Waals surface area contributed by atoms with Crippen molar-refractivity contribution in [1.29, 1.82) is 0 Å². The number of piperazine rings is 1. The van der Waals surface area contributed by atoms with Crippen LogP contribution in [-0.4, -0.2) is 60.8 Å². The molecule has 0 saturated carbocycles. The van der Waals surface area contributed by atoms with E-state index in [-0.39, 0.29) is 12.2 Å². The fraction of sp³-hybridized carbons (Fsp3) is 0.400. The number of hydrogen-bond donors (Lipinski definition) is 2. The van der Waals surface area contributed by atoms with E-state index in [2.05, 4.69) is 22.2 Å². The number of nitrogens with one attached hydrogen (secondary N) is 1. The summed E-state index contributed by atoms with van der Waals surface area (Å²) in [5.74, 6) is 4.06. The van der Waals surface area contributed by atoms with Gasteiger partial charge in [-0.1, -0.05) is 11.8 Å². The van der Waals surface area contributed by atoms with E-state index >= 15 is 0 Å². The van der Waals surface area contributed by atoms with Gasteiger partial charge in [0.2, 0.25) is 0 Å². The van der Waals surface area contributed by atoms with Crippen LogP contribution in [0.4, 0.5) is 4.39 Å². The van der Waals surface area contributed by atoms with Gasteiger partial charge in [0.15, 0.2) is 0 Å². The number of carbonyl (C=O) groups excluding carboxylic acids is 1. The van der Waals surface area contributed by atoms with Crippen molar-refractivity contribution in [2.45, 2.75) is 0 Å². The molecule has 1 saturated heterocycles. The van der Waals surface area contributed by atoms with Gasteiger partial charge in [-0.15, -0.1) is 0 Å². The largest absolute Gasteiger partial charge is 0.384 e. The van der Waals surface area contributed by atoms with Crippen molar-refractivity contribution in [2.24, 2.45) is 0 Å². The van der Waals surface area contributed by atoms with E-state index < -0.39 is 11.7 Å². The first kappa shape index (κ1) is 15.4. The number of amides is 1. The zero-order valence-electron chi connectivity index (χ0n) is 11.9. The molecule has 1 heterocycles. The number of hydrazine groups is 1. The first-order chi connectivity index (χ1) is 10.1. The second-order valence-electron chi connectivity index (χ2n) is 4.89. The van der Waals surface area contributed by atoms with E-state index in [1.54, 1.807) is 5.01 Å². The predicted octanol–water partition coefficient (Wildman–Crippen LogP) is 0.0617. The van der Waals surface area contributed by atoms with Crippen LogP contribution < -0.4 is 5.43 Å². The topological polar surface area (TPSA) is 55.8 Å². The number of nitrogens with zero attached hydrogens (tertiary/aromatic N) is 2. The minimum atomic E-state index is -0.587. The third-order valence-corrected chi connectivity index (χ3v) is 3.29.